The average molecular weight is 196 g/mol. The van der Waals surface area contributed by atoms with E-state index in [9.17, 15) is 5.11 Å². The van der Waals surface area contributed by atoms with E-state index in [1.807, 2.05) is 12.2 Å². The van der Waals surface area contributed by atoms with Gasteiger partial charge in [-0.2, -0.15) is 0 Å². The van der Waals surface area contributed by atoms with Gasteiger partial charge in [-0.05, 0) is 17.7 Å². The number of epoxide rings is 2. The highest BCUT2D eigenvalue weighted by atomic mass is 16.9. The molecule has 2 heterocycles. The van der Waals surface area contributed by atoms with Crippen LogP contribution in [0.3, 0.4) is 0 Å². The highest BCUT2D eigenvalue weighted by Gasteiger charge is 2.70. The predicted molar refractivity (Wildman–Crippen MR) is 47.4 cm³/mol. The summed E-state index contributed by atoms with van der Waals surface area (Å²) in [6, 6.07) is 0. The Kier molecular flexibility index (Phi) is 1.52. The Labute approximate surface area is 81.8 Å². The van der Waals surface area contributed by atoms with Crippen LogP contribution in [0.25, 0.3) is 0 Å². The van der Waals surface area contributed by atoms with Crippen molar-refractivity contribution in [1.29, 1.82) is 0 Å². The lowest BCUT2D eigenvalue weighted by Crippen LogP contribution is -2.26. The molecule has 2 aliphatic heterocycles. The molecular weight excluding hydrogens is 184 g/mol. The molecule has 3 atom stereocenters. The summed E-state index contributed by atoms with van der Waals surface area (Å²) in [6.07, 6.45) is 6.53. The molecule has 0 aromatic heterocycles. The summed E-state index contributed by atoms with van der Waals surface area (Å²) in [5.74, 6) is -2.18. The third-order valence-electron chi connectivity index (χ3n) is 2.83. The zero-order valence-corrected chi connectivity index (χ0v) is 7.90. The Morgan fingerprint density at radius 2 is 2.50 bits per heavy atom. The smallest absolute Gasteiger partial charge is 0.251 e. The van der Waals surface area contributed by atoms with Crippen molar-refractivity contribution in [2.24, 2.45) is 0 Å². The van der Waals surface area contributed by atoms with Gasteiger partial charge in [0.25, 0.3) is 5.79 Å². The van der Waals surface area contributed by atoms with Gasteiger partial charge < -0.3 is 14.6 Å². The molecule has 1 N–H and O–H groups in total. The number of ether oxygens (including phenoxy) is 3. The fraction of sp³-hybridized carbons (Fsp3) is 0.600. The van der Waals surface area contributed by atoms with Crippen LogP contribution in [-0.2, 0) is 14.2 Å². The van der Waals surface area contributed by atoms with Crippen molar-refractivity contribution >= 4 is 0 Å². The van der Waals surface area contributed by atoms with Crippen molar-refractivity contribution < 1.29 is 19.3 Å². The van der Waals surface area contributed by atoms with Crippen LogP contribution in [0.2, 0.25) is 0 Å². The van der Waals surface area contributed by atoms with Crippen LogP contribution in [0, 0.1) is 0 Å². The number of rotatable bonds is 3. The van der Waals surface area contributed by atoms with E-state index < -0.39 is 11.6 Å². The first-order valence-corrected chi connectivity index (χ1v) is 4.68. The van der Waals surface area contributed by atoms with Crippen LogP contribution in [0.1, 0.15) is 6.42 Å². The number of hydrogen-bond donors (Lipinski definition) is 1. The molecule has 4 heteroatoms. The lowest BCUT2D eigenvalue weighted by Gasteiger charge is -2.13. The van der Waals surface area contributed by atoms with E-state index in [-0.39, 0.29) is 0 Å². The SMILES string of the molecule is COC12C=C(CC3CO3)C=CC1(O)O2. The standard InChI is InChI=1S/C10H12O4/c1-12-10-5-7(4-8-6-13-8)2-3-9(10,11)14-10/h2-3,5,8,11H,4,6H2,1H3. The maximum Gasteiger partial charge on any atom is 0.251 e. The van der Waals surface area contributed by atoms with Gasteiger partial charge in [-0.3, -0.25) is 4.74 Å². The van der Waals surface area contributed by atoms with Crippen LogP contribution >= 0.6 is 0 Å². The fourth-order valence-corrected chi connectivity index (χ4v) is 1.82. The topological polar surface area (TPSA) is 54.5 Å². The molecule has 0 bridgehead atoms. The number of fused-ring (bicyclic) bond motifs is 1. The van der Waals surface area contributed by atoms with E-state index in [1.165, 1.54) is 7.11 Å². The molecule has 0 radical (unpaired) electrons. The summed E-state index contributed by atoms with van der Waals surface area (Å²) in [6.45, 7) is 0.830. The number of hydrogen-bond acceptors (Lipinski definition) is 4. The predicted octanol–water partition coefficient (Wildman–Crippen LogP) is 0.333. The highest BCUT2D eigenvalue weighted by Crippen LogP contribution is 2.52. The van der Waals surface area contributed by atoms with Crippen LogP contribution < -0.4 is 0 Å². The average Bonchev–Trinajstić information content (AvgIpc) is 3.02. The van der Waals surface area contributed by atoms with Crippen molar-refractivity contribution in [3.05, 3.63) is 23.8 Å². The number of methoxy groups -OCH3 is 1. The third-order valence-corrected chi connectivity index (χ3v) is 2.83. The van der Waals surface area contributed by atoms with Gasteiger partial charge in [-0.1, -0.05) is 6.08 Å². The summed E-state index contributed by atoms with van der Waals surface area (Å²) in [5, 5.41) is 9.76. The maximum absolute atomic E-state index is 9.76. The van der Waals surface area contributed by atoms with Gasteiger partial charge in [0, 0.05) is 13.5 Å². The Hall–Kier alpha value is -0.680. The van der Waals surface area contributed by atoms with E-state index in [0.29, 0.717) is 6.10 Å². The summed E-state index contributed by atoms with van der Waals surface area (Å²) < 4.78 is 15.4. The van der Waals surface area contributed by atoms with Crippen molar-refractivity contribution in [3.63, 3.8) is 0 Å². The zero-order chi connectivity index (χ0) is 9.81. The molecule has 0 aromatic carbocycles. The molecule has 76 valence electrons. The molecule has 0 saturated carbocycles. The summed E-state index contributed by atoms with van der Waals surface area (Å²) in [7, 11) is 1.53. The first kappa shape index (κ1) is 8.61. The first-order chi connectivity index (χ1) is 6.67. The molecule has 3 unspecified atom stereocenters. The molecule has 0 aromatic rings. The fourth-order valence-electron chi connectivity index (χ4n) is 1.82. The molecule has 3 aliphatic rings. The quantitative estimate of drug-likeness (QED) is 0.661. The Balaban J connectivity index is 1.81. The van der Waals surface area contributed by atoms with Crippen molar-refractivity contribution in [3.8, 4) is 0 Å². The first-order valence-electron chi connectivity index (χ1n) is 4.68. The molecule has 0 amide bonds. The normalized spacial score (nSPS) is 48.4. The summed E-state index contributed by atoms with van der Waals surface area (Å²) >= 11 is 0. The van der Waals surface area contributed by atoms with Crippen molar-refractivity contribution in [1.82, 2.24) is 0 Å². The van der Waals surface area contributed by atoms with Gasteiger partial charge in [-0.15, -0.1) is 0 Å². The molecule has 0 spiro atoms. The zero-order valence-electron chi connectivity index (χ0n) is 7.90. The molecule has 4 nitrogen and oxygen atoms in total. The lowest BCUT2D eigenvalue weighted by atomic mass is 9.99. The molecule has 2 fully saturated rings. The van der Waals surface area contributed by atoms with E-state index in [4.69, 9.17) is 14.2 Å². The minimum Gasteiger partial charge on any atom is -0.373 e. The molecule has 2 saturated heterocycles. The van der Waals surface area contributed by atoms with Crippen molar-refractivity contribution in [2.45, 2.75) is 24.1 Å². The molecule has 3 rings (SSSR count). The van der Waals surface area contributed by atoms with E-state index in [1.54, 1.807) is 6.08 Å². The second-order valence-corrected chi connectivity index (χ2v) is 3.88. The monoisotopic (exact) mass is 196 g/mol. The van der Waals surface area contributed by atoms with Gasteiger partial charge >= 0.3 is 0 Å². The van der Waals surface area contributed by atoms with Crippen LogP contribution in [-0.4, -0.2) is 36.5 Å². The molecule has 14 heavy (non-hydrogen) atoms. The van der Waals surface area contributed by atoms with E-state index >= 15 is 0 Å². The highest BCUT2D eigenvalue weighted by molar-refractivity contribution is 5.38. The molecule has 1 aliphatic carbocycles. The van der Waals surface area contributed by atoms with Crippen LogP contribution in [0.15, 0.2) is 23.8 Å². The van der Waals surface area contributed by atoms with Gasteiger partial charge in [0.05, 0.1) is 12.7 Å². The largest absolute Gasteiger partial charge is 0.373 e. The summed E-state index contributed by atoms with van der Waals surface area (Å²) in [5.41, 5.74) is 1.09. The van der Waals surface area contributed by atoms with E-state index in [0.717, 1.165) is 18.6 Å². The Bertz CT molecular complexity index is 331. The Morgan fingerprint density at radius 1 is 1.71 bits per heavy atom. The van der Waals surface area contributed by atoms with Gasteiger partial charge in [0.15, 0.2) is 0 Å². The van der Waals surface area contributed by atoms with Crippen LogP contribution in [0.5, 0.6) is 0 Å². The van der Waals surface area contributed by atoms with Gasteiger partial charge in [-0.25, -0.2) is 0 Å². The van der Waals surface area contributed by atoms with Crippen molar-refractivity contribution in [2.75, 3.05) is 13.7 Å². The minimum absolute atomic E-state index is 0.338. The van der Waals surface area contributed by atoms with Crippen LogP contribution in [0.4, 0.5) is 0 Å². The second-order valence-electron chi connectivity index (χ2n) is 3.88. The minimum atomic E-state index is -1.24. The summed E-state index contributed by atoms with van der Waals surface area (Å²) in [4.78, 5) is 0. The number of allylic oxidation sites excluding steroid dienone is 1. The third kappa shape index (κ3) is 1.09. The lowest BCUT2D eigenvalue weighted by molar-refractivity contribution is 0.0257. The maximum atomic E-state index is 9.76. The molecular formula is C10H12O4. The van der Waals surface area contributed by atoms with Gasteiger partial charge in [0.1, 0.15) is 0 Å². The second kappa shape index (κ2) is 2.46. The van der Waals surface area contributed by atoms with Gasteiger partial charge in [0.2, 0.25) is 5.79 Å². The number of aliphatic hydroxyl groups is 1. The van der Waals surface area contributed by atoms with E-state index in [2.05, 4.69) is 0 Å². The Morgan fingerprint density at radius 3 is 3.14 bits per heavy atom.